The largest absolute Gasteiger partial charge is 0.317 e. The second kappa shape index (κ2) is 6.91. The second-order valence-corrected chi connectivity index (χ2v) is 6.49. The molecule has 2 rings (SSSR count). The Hall–Kier alpha value is -0.0800. The van der Waals surface area contributed by atoms with Gasteiger partial charge in [0.15, 0.2) is 0 Å². The smallest absolute Gasteiger partial charge is 0.0116 e. The van der Waals surface area contributed by atoms with Gasteiger partial charge in [-0.1, -0.05) is 32.6 Å². The van der Waals surface area contributed by atoms with Crippen LogP contribution in [0.4, 0.5) is 0 Å². The maximum atomic E-state index is 3.50. The van der Waals surface area contributed by atoms with Crippen LogP contribution in [0.3, 0.4) is 0 Å². The lowest BCUT2D eigenvalue weighted by Gasteiger charge is -2.42. The maximum Gasteiger partial charge on any atom is 0.0116 e. The molecule has 1 N–H and O–H groups in total. The Morgan fingerprint density at radius 2 is 1.78 bits per heavy atom. The van der Waals surface area contributed by atoms with E-state index in [0.717, 1.165) is 24.2 Å². The Kier molecular flexibility index (Phi) is 5.50. The van der Waals surface area contributed by atoms with E-state index in [1.54, 1.807) is 0 Å². The van der Waals surface area contributed by atoms with E-state index in [2.05, 4.69) is 31.1 Å². The van der Waals surface area contributed by atoms with Gasteiger partial charge in [0.1, 0.15) is 0 Å². The Labute approximate surface area is 114 Å². The zero-order chi connectivity index (χ0) is 13.0. The molecule has 2 heteroatoms. The molecule has 0 aromatic heterocycles. The van der Waals surface area contributed by atoms with Crippen molar-refractivity contribution in [2.45, 2.75) is 95.8 Å². The van der Waals surface area contributed by atoms with Crippen molar-refractivity contribution >= 4 is 0 Å². The summed E-state index contributed by atoms with van der Waals surface area (Å²) in [5.41, 5.74) is 0. The highest BCUT2D eigenvalue weighted by Crippen LogP contribution is 2.38. The van der Waals surface area contributed by atoms with Gasteiger partial charge in [-0.3, -0.25) is 4.90 Å². The first-order valence-electron chi connectivity index (χ1n) is 8.21. The summed E-state index contributed by atoms with van der Waals surface area (Å²) in [6.07, 6.45) is 12.7. The molecule has 0 aromatic rings. The summed E-state index contributed by atoms with van der Waals surface area (Å²) in [5, 5.41) is 3.50. The molecule has 2 bridgehead atoms. The minimum absolute atomic E-state index is 0.783. The van der Waals surface area contributed by atoms with Gasteiger partial charge < -0.3 is 5.32 Å². The van der Waals surface area contributed by atoms with Crippen LogP contribution in [0.5, 0.6) is 0 Å². The van der Waals surface area contributed by atoms with Crippen LogP contribution in [0, 0.1) is 0 Å². The Morgan fingerprint density at radius 3 is 2.33 bits per heavy atom. The zero-order valence-electron chi connectivity index (χ0n) is 12.6. The van der Waals surface area contributed by atoms with Crippen molar-refractivity contribution in [3.8, 4) is 0 Å². The molecule has 2 aliphatic heterocycles. The van der Waals surface area contributed by atoms with Gasteiger partial charge in [-0.2, -0.15) is 0 Å². The Morgan fingerprint density at radius 1 is 1.11 bits per heavy atom. The first kappa shape index (κ1) is 14.3. The minimum Gasteiger partial charge on any atom is -0.317 e. The van der Waals surface area contributed by atoms with Gasteiger partial charge in [0.05, 0.1) is 0 Å². The third-order valence-corrected chi connectivity index (χ3v) is 5.18. The van der Waals surface area contributed by atoms with Crippen LogP contribution in [-0.4, -0.2) is 36.1 Å². The van der Waals surface area contributed by atoms with E-state index in [1.165, 1.54) is 57.8 Å². The molecular weight excluding hydrogens is 220 g/mol. The molecule has 106 valence electrons. The summed E-state index contributed by atoms with van der Waals surface area (Å²) in [7, 11) is 2.13. The third-order valence-electron chi connectivity index (χ3n) is 5.18. The van der Waals surface area contributed by atoms with E-state index in [-0.39, 0.29) is 0 Å². The lowest BCUT2D eigenvalue weighted by molar-refractivity contribution is 0.0738. The topological polar surface area (TPSA) is 15.3 Å². The molecule has 3 unspecified atom stereocenters. The maximum absolute atomic E-state index is 3.50. The molecule has 2 heterocycles. The molecule has 2 nitrogen and oxygen atoms in total. The molecule has 0 saturated carbocycles. The van der Waals surface area contributed by atoms with Gasteiger partial charge in [0.2, 0.25) is 0 Å². The van der Waals surface area contributed by atoms with Crippen LogP contribution >= 0.6 is 0 Å². The number of rotatable bonds is 7. The summed E-state index contributed by atoms with van der Waals surface area (Å²) in [4.78, 5) is 2.87. The van der Waals surface area contributed by atoms with Gasteiger partial charge in [0.25, 0.3) is 0 Å². The molecule has 2 fully saturated rings. The van der Waals surface area contributed by atoms with Crippen LogP contribution in [0.1, 0.15) is 71.6 Å². The molecular formula is C16H32N2. The number of piperidine rings is 1. The van der Waals surface area contributed by atoms with E-state index in [9.17, 15) is 0 Å². The van der Waals surface area contributed by atoms with Crippen LogP contribution in [0.15, 0.2) is 0 Å². The van der Waals surface area contributed by atoms with Crippen molar-refractivity contribution in [2.75, 3.05) is 7.05 Å². The highest BCUT2D eigenvalue weighted by Gasteiger charge is 2.41. The fourth-order valence-corrected chi connectivity index (χ4v) is 4.18. The van der Waals surface area contributed by atoms with Gasteiger partial charge in [-0.05, 0) is 46.1 Å². The molecule has 0 aromatic carbocycles. The summed E-state index contributed by atoms with van der Waals surface area (Å²) < 4.78 is 0. The standard InChI is InChI=1S/C16H32N2/c1-4-5-6-7-8-13(2)18-15-9-10-16(18)12-14(11-15)17-3/h13-17H,4-12H2,1-3H3. The van der Waals surface area contributed by atoms with Crippen molar-refractivity contribution in [3.63, 3.8) is 0 Å². The van der Waals surface area contributed by atoms with Crippen LogP contribution in [-0.2, 0) is 0 Å². The molecule has 2 saturated heterocycles. The monoisotopic (exact) mass is 252 g/mol. The predicted molar refractivity (Wildman–Crippen MR) is 79.0 cm³/mol. The molecule has 0 aliphatic carbocycles. The molecule has 0 radical (unpaired) electrons. The molecule has 0 amide bonds. The van der Waals surface area contributed by atoms with Crippen molar-refractivity contribution in [1.29, 1.82) is 0 Å². The van der Waals surface area contributed by atoms with Gasteiger partial charge in [0, 0.05) is 24.2 Å². The zero-order valence-corrected chi connectivity index (χ0v) is 12.6. The predicted octanol–water partition coefficient (Wildman–Crippen LogP) is 3.56. The van der Waals surface area contributed by atoms with E-state index in [0.29, 0.717) is 0 Å². The van der Waals surface area contributed by atoms with E-state index in [4.69, 9.17) is 0 Å². The summed E-state index contributed by atoms with van der Waals surface area (Å²) in [6, 6.07) is 3.35. The second-order valence-electron chi connectivity index (χ2n) is 6.49. The molecule has 2 aliphatic rings. The fourth-order valence-electron chi connectivity index (χ4n) is 4.18. The van der Waals surface area contributed by atoms with Crippen LogP contribution in [0.2, 0.25) is 0 Å². The number of nitrogens with zero attached hydrogens (tertiary/aromatic N) is 1. The van der Waals surface area contributed by atoms with E-state index < -0.39 is 0 Å². The molecule has 3 atom stereocenters. The van der Waals surface area contributed by atoms with Gasteiger partial charge in [-0.25, -0.2) is 0 Å². The van der Waals surface area contributed by atoms with Crippen molar-refractivity contribution < 1.29 is 0 Å². The van der Waals surface area contributed by atoms with Gasteiger partial charge in [-0.15, -0.1) is 0 Å². The van der Waals surface area contributed by atoms with Crippen molar-refractivity contribution in [3.05, 3.63) is 0 Å². The highest BCUT2D eigenvalue weighted by atomic mass is 15.2. The number of hydrogen-bond acceptors (Lipinski definition) is 2. The first-order chi connectivity index (χ1) is 8.76. The third kappa shape index (κ3) is 3.27. The lowest BCUT2D eigenvalue weighted by atomic mass is 9.94. The highest BCUT2D eigenvalue weighted by molar-refractivity contribution is 4.98. The molecule has 18 heavy (non-hydrogen) atoms. The Bertz CT molecular complexity index is 227. The number of unbranched alkanes of at least 4 members (excludes halogenated alkanes) is 3. The summed E-state index contributed by atoms with van der Waals surface area (Å²) in [6.45, 7) is 4.77. The van der Waals surface area contributed by atoms with Crippen molar-refractivity contribution in [2.24, 2.45) is 0 Å². The summed E-state index contributed by atoms with van der Waals surface area (Å²) >= 11 is 0. The first-order valence-corrected chi connectivity index (χ1v) is 8.21. The van der Waals surface area contributed by atoms with Crippen molar-refractivity contribution in [1.82, 2.24) is 10.2 Å². The average Bonchev–Trinajstić information content (AvgIpc) is 2.65. The lowest BCUT2D eigenvalue weighted by Crippen LogP contribution is -2.51. The fraction of sp³-hybridized carbons (Fsp3) is 1.00. The number of fused-ring (bicyclic) bond motifs is 2. The minimum atomic E-state index is 0.783. The SMILES string of the molecule is CCCCCCC(C)N1C2CCC1CC(NC)C2. The normalized spacial score (nSPS) is 33.8. The van der Waals surface area contributed by atoms with Crippen LogP contribution in [0.25, 0.3) is 0 Å². The summed E-state index contributed by atoms with van der Waals surface area (Å²) in [5.74, 6) is 0. The molecule has 0 spiro atoms. The van der Waals surface area contributed by atoms with Crippen LogP contribution < -0.4 is 5.32 Å². The van der Waals surface area contributed by atoms with E-state index in [1.807, 2.05) is 0 Å². The number of hydrogen-bond donors (Lipinski definition) is 1. The number of nitrogens with one attached hydrogen (secondary N) is 1. The quantitative estimate of drug-likeness (QED) is 0.697. The average molecular weight is 252 g/mol. The Balaban J connectivity index is 1.79. The van der Waals surface area contributed by atoms with E-state index >= 15 is 0 Å². The van der Waals surface area contributed by atoms with Gasteiger partial charge >= 0.3 is 0 Å².